The molecule has 1 aliphatic heterocycles. The molecule has 0 aliphatic carbocycles. The maximum Gasteiger partial charge on any atom is 0.236 e. The van der Waals surface area contributed by atoms with Gasteiger partial charge in [0.05, 0.1) is 0 Å². The number of amides is 1. The number of rotatable bonds is 2. The average molecular weight is 142 g/mol. The Bertz CT molecular complexity index is 123. The predicted molar refractivity (Wildman–Crippen MR) is 39.2 cm³/mol. The first-order chi connectivity index (χ1) is 4.84. The Kier molecular flexibility index (Phi) is 2.68. The summed E-state index contributed by atoms with van der Waals surface area (Å²) in [6, 6.07) is 0. The number of hydrazine groups is 1. The molecule has 1 fully saturated rings. The normalized spacial score (nSPS) is 19.7. The van der Waals surface area contributed by atoms with Crippen LogP contribution in [0.2, 0.25) is 0 Å². The molecule has 1 aliphatic rings. The minimum absolute atomic E-state index is 0.244. The number of carbonyl (C=O) groups is 1. The van der Waals surface area contributed by atoms with Crippen molar-refractivity contribution in [2.45, 2.75) is 26.2 Å². The van der Waals surface area contributed by atoms with E-state index < -0.39 is 0 Å². The van der Waals surface area contributed by atoms with Crippen LogP contribution in [0.25, 0.3) is 0 Å². The van der Waals surface area contributed by atoms with Gasteiger partial charge in [0, 0.05) is 19.5 Å². The molecule has 0 aromatic heterocycles. The Morgan fingerprint density at radius 3 is 3.10 bits per heavy atom. The van der Waals surface area contributed by atoms with Gasteiger partial charge in [0.15, 0.2) is 0 Å². The second-order valence-corrected chi connectivity index (χ2v) is 2.56. The lowest BCUT2D eigenvalue weighted by atomic mass is 10.2. The molecule has 0 spiro atoms. The summed E-state index contributed by atoms with van der Waals surface area (Å²) in [5.41, 5.74) is 3.05. The van der Waals surface area contributed by atoms with Crippen LogP contribution in [0.4, 0.5) is 0 Å². The van der Waals surface area contributed by atoms with Crippen LogP contribution < -0.4 is 5.43 Å². The lowest BCUT2D eigenvalue weighted by Crippen LogP contribution is -2.47. The van der Waals surface area contributed by atoms with Crippen molar-refractivity contribution < 1.29 is 4.79 Å². The van der Waals surface area contributed by atoms with Gasteiger partial charge in [0.2, 0.25) is 5.91 Å². The predicted octanol–water partition coefficient (Wildman–Crippen LogP) is 0.523. The summed E-state index contributed by atoms with van der Waals surface area (Å²) in [7, 11) is 0. The first-order valence-electron chi connectivity index (χ1n) is 3.88. The molecule has 1 rings (SSSR count). The van der Waals surface area contributed by atoms with Crippen molar-refractivity contribution in [1.29, 1.82) is 0 Å². The summed E-state index contributed by atoms with van der Waals surface area (Å²) in [5.74, 6) is 0.244. The van der Waals surface area contributed by atoms with E-state index in [4.69, 9.17) is 0 Å². The molecular weight excluding hydrogens is 128 g/mol. The molecule has 1 N–H and O–H groups in total. The summed E-state index contributed by atoms with van der Waals surface area (Å²) in [5, 5.41) is 1.73. The Labute approximate surface area is 61.4 Å². The van der Waals surface area contributed by atoms with Crippen molar-refractivity contribution in [2.24, 2.45) is 0 Å². The molecule has 0 aromatic carbocycles. The van der Waals surface area contributed by atoms with E-state index in [1.807, 2.05) is 0 Å². The first-order valence-corrected chi connectivity index (χ1v) is 3.88. The Hall–Kier alpha value is -0.570. The Balaban J connectivity index is 2.32. The summed E-state index contributed by atoms with van der Waals surface area (Å²) in [6.45, 7) is 3.87. The zero-order valence-electron chi connectivity index (χ0n) is 6.39. The summed E-state index contributed by atoms with van der Waals surface area (Å²) in [6.07, 6.45) is 2.73. The SMILES string of the molecule is CCCN1NCCCC1=O. The molecule has 1 heterocycles. The van der Waals surface area contributed by atoms with Crippen LogP contribution in [0.5, 0.6) is 0 Å². The summed E-state index contributed by atoms with van der Waals surface area (Å²) < 4.78 is 0. The number of nitrogens with one attached hydrogen (secondary N) is 1. The monoisotopic (exact) mass is 142 g/mol. The van der Waals surface area contributed by atoms with E-state index in [1.165, 1.54) is 0 Å². The van der Waals surface area contributed by atoms with Crippen molar-refractivity contribution in [3.05, 3.63) is 0 Å². The fourth-order valence-electron chi connectivity index (χ4n) is 1.10. The fourth-order valence-corrected chi connectivity index (χ4v) is 1.10. The van der Waals surface area contributed by atoms with Gasteiger partial charge in [-0.1, -0.05) is 6.92 Å². The van der Waals surface area contributed by atoms with E-state index in [0.717, 1.165) is 25.9 Å². The molecule has 58 valence electrons. The summed E-state index contributed by atoms with van der Waals surface area (Å²) >= 11 is 0. The molecule has 3 nitrogen and oxygen atoms in total. The van der Waals surface area contributed by atoms with Crippen molar-refractivity contribution in [1.82, 2.24) is 10.4 Å². The molecule has 0 atom stereocenters. The fraction of sp³-hybridized carbons (Fsp3) is 0.857. The van der Waals surface area contributed by atoms with Gasteiger partial charge in [-0.2, -0.15) is 0 Å². The van der Waals surface area contributed by atoms with E-state index in [1.54, 1.807) is 5.01 Å². The maximum absolute atomic E-state index is 11.0. The molecule has 3 heteroatoms. The average Bonchev–Trinajstić information content (AvgIpc) is 1.94. The van der Waals surface area contributed by atoms with Gasteiger partial charge in [-0.05, 0) is 12.8 Å². The quantitative estimate of drug-likeness (QED) is 0.609. The molecule has 0 bridgehead atoms. The largest absolute Gasteiger partial charge is 0.278 e. The lowest BCUT2D eigenvalue weighted by molar-refractivity contribution is -0.136. The van der Waals surface area contributed by atoms with Gasteiger partial charge in [0.25, 0.3) is 0 Å². The van der Waals surface area contributed by atoms with Gasteiger partial charge in [-0.3, -0.25) is 9.80 Å². The van der Waals surface area contributed by atoms with E-state index in [-0.39, 0.29) is 5.91 Å². The zero-order chi connectivity index (χ0) is 7.40. The molecule has 0 saturated carbocycles. The third kappa shape index (κ3) is 1.70. The van der Waals surface area contributed by atoms with Crippen molar-refractivity contribution in [2.75, 3.05) is 13.1 Å². The van der Waals surface area contributed by atoms with Crippen LogP contribution in [-0.4, -0.2) is 24.0 Å². The first kappa shape index (κ1) is 7.54. The Morgan fingerprint density at radius 1 is 1.70 bits per heavy atom. The van der Waals surface area contributed by atoms with Crippen LogP contribution in [0.3, 0.4) is 0 Å². The third-order valence-electron chi connectivity index (χ3n) is 1.62. The van der Waals surface area contributed by atoms with Gasteiger partial charge in [0.1, 0.15) is 0 Å². The van der Waals surface area contributed by atoms with Crippen molar-refractivity contribution in [3.63, 3.8) is 0 Å². The third-order valence-corrected chi connectivity index (χ3v) is 1.62. The highest BCUT2D eigenvalue weighted by atomic mass is 16.2. The van der Waals surface area contributed by atoms with E-state index in [0.29, 0.717) is 6.42 Å². The van der Waals surface area contributed by atoms with Gasteiger partial charge >= 0.3 is 0 Å². The van der Waals surface area contributed by atoms with E-state index in [2.05, 4.69) is 12.3 Å². The standard InChI is InChI=1S/C7H14N2O/c1-2-6-9-7(10)4-3-5-8-9/h8H,2-6H2,1H3. The van der Waals surface area contributed by atoms with Gasteiger partial charge < -0.3 is 0 Å². The molecular formula is C7H14N2O. The highest BCUT2D eigenvalue weighted by Gasteiger charge is 2.15. The number of hydrogen-bond acceptors (Lipinski definition) is 2. The van der Waals surface area contributed by atoms with Crippen LogP contribution in [0.15, 0.2) is 0 Å². The molecule has 1 saturated heterocycles. The minimum atomic E-state index is 0.244. The van der Waals surface area contributed by atoms with Gasteiger partial charge in [-0.15, -0.1) is 0 Å². The topological polar surface area (TPSA) is 32.3 Å². The van der Waals surface area contributed by atoms with E-state index in [9.17, 15) is 4.79 Å². The van der Waals surface area contributed by atoms with Crippen LogP contribution >= 0.6 is 0 Å². The minimum Gasteiger partial charge on any atom is -0.278 e. The molecule has 0 unspecified atom stereocenters. The summed E-state index contributed by atoms with van der Waals surface area (Å²) in [4.78, 5) is 11.0. The zero-order valence-corrected chi connectivity index (χ0v) is 6.39. The molecule has 0 radical (unpaired) electrons. The highest BCUT2D eigenvalue weighted by molar-refractivity contribution is 5.76. The molecule has 0 aromatic rings. The van der Waals surface area contributed by atoms with Crippen LogP contribution in [0, 0.1) is 0 Å². The van der Waals surface area contributed by atoms with Crippen LogP contribution in [-0.2, 0) is 4.79 Å². The highest BCUT2D eigenvalue weighted by Crippen LogP contribution is 2.01. The van der Waals surface area contributed by atoms with Crippen molar-refractivity contribution in [3.8, 4) is 0 Å². The lowest BCUT2D eigenvalue weighted by Gasteiger charge is -2.26. The van der Waals surface area contributed by atoms with Gasteiger partial charge in [-0.25, -0.2) is 5.43 Å². The van der Waals surface area contributed by atoms with E-state index >= 15 is 0 Å². The molecule has 1 amide bonds. The smallest absolute Gasteiger partial charge is 0.236 e. The van der Waals surface area contributed by atoms with Crippen LogP contribution in [0.1, 0.15) is 26.2 Å². The maximum atomic E-state index is 11.0. The number of carbonyl (C=O) groups excluding carboxylic acids is 1. The Morgan fingerprint density at radius 2 is 2.50 bits per heavy atom. The second-order valence-electron chi connectivity index (χ2n) is 2.56. The molecule has 10 heavy (non-hydrogen) atoms. The number of nitrogens with zero attached hydrogens (tertiary/aromatic N) is 1. The van der Waals surface area contributed by atoms with Crippen molar-refractivity contribution >= 4 is 5.91 Å². The second kappa shape index (κ2) is 3.56. The number of hydrogen-bond donors (Lipinski definition) is 1.